The summed E-state index contributed by atoms with van der Waals surface area (Å²) in [5.74, 6) is 0.965. The van der Waals surface area contributed by atoms with E-state index in [2.05, 4.69) is 137 Å². The summed E-state index contributed by atoms with van der Waals surface area (Å²) in [6.07, 6.45) is -3.15. The van der Waals surface area contributed by atoms with Crippen LogP contribution in [-0.4, -0.2) is 37.6 Å². The molecule has 0 fully saturated rings. The van der Waals surface area contributed by atoms with Crippen molar-refractivity contribution < 1.29 is 48.3 Å². The topological polar surface area (TPSA) is 0 Å². The quantitative estimate of drug-likeness (QED) is 0.173. The molecule has 0 heterocycles. The van der Waals surface area contributed by atoms with Crippen LogP contribution in [0.5, 0.6) is 0 Å². The maximum atomic E-state index is 11.6. The lowest BCUT2D eigenvalue weighted by atomic mass is 9.90. The van der Waals surface area contributed by atoms with Crippen LogP contribution in [0.25, 0.3) is 0 Å². The Morgan fingerprint density at radius 2 is 0.648 bits per heavy atom. The van der Waals surface area contributed by atoms with E-state index in [1.54, 1.807) is 62.3 Å². The molecular weight excluding hydrogens is 950 g/mol. The van der Waals surface area contributed by atoms with E-state index in [-0.39, 0.29) is 42.2 Å². The second kappa shape index (κ2) is 42.7. The largest absolute Gasteiger partial charge is 0.389 e. The van der Waals surface area contributed by atoms with E-state index < -0.39 is 43.5 Å². The predicted molar refractivity (Wildman–Crippen MR) is 301 cm³/mol. The minimum Gasteiger partial charge on any atom is -0.251 e. The average molecular weight is 1080 g/mol. The van der Waals surface area contributed by atoms with Crippen LogP contribution in [-0.2, 0) is 0 Å². The molecule has 0 aromatic carbocycles. The molecule has 0 aliphatic heterocycles. The van der Waals surface area contributed by atoms with Gasteiger partial charge in [-0.15, -0.1) is 0 Å². The third-order valence-corrected chi connectivity index (χ3v) is 9.59. The number of hydrogen-bond acceptors (Lipinski definition) is 1. The van der Waals surface area contributed by atoms with Gasteiger partial charge < -0.3 is 0 Å². The van der Waals surface area contributed by atoms with Crippen molar-refractivity contribution in [3.8, 4) is 0 Å². The van der Waals surface area contributed by atoms with Gasteiger partial charge in [-0.25, -0.2) is 17.6 Å². The lowest BCUT2D eigenvalue weighted by Gasteiger charge is -2.19. The summed E-state index contributed by atoms with van der Waals surface area (Å²) in [7, 11) is 0. The van der Waals surface area contributed by atoms with Crippen LogP contribution in [0, 0.1) is 48.7 Å². The van der Waals surface area contributed by atoms with Crippen molar-refractivity contribution in [2.45, 2.75) is 323 Å². The molecule has 0 rings (SSSR count). The van der Waals surface area contributed by atoms with Gasteiger partial charge in [0.15, 0.2) is 0 Å². The molecule has 0 saturated heterocycles. The SMILES string of the molecule is CC(C)(C)CC(F)(F)F.CC(C)(C)CC(F)F.CC(C)(C)CCC(F)(F)F.CC(C)(C)CCC(F)F.CC(C)(C)CCCF.CC(C)(C)CS.CCC(C)(C)C.CCCC(C)(C)C.CCCCC(C)(C)C. The molecule has 0 amide bonds. The second-order valence-electron chi connectivity index (χ2n) is 29.6. The summed E-state index contributed by atoms with van der Waals surface area (Å²) >= 11 is 4.10. The molecule has 0 unspecified atom stereocenters. The zero-order valence-corrected chi connectivity index (χ0v) is 53.5. The van der Waals surface area contributed by atoms with Crippen LogP contribution >= 0.6 is 12.6 Å². The number of thiol groups is 1. The van der Waals surface area contributed by atoms with Crippen LogP contribution in [0.15, 0.2) is 0 Å². The van der Waals surface area contributed by atoms with Crippen molar-refractivity contribution in [2.24, 2.45) is 48.7 Å². The fourth-order valence-electron chi connectivity index (χ4n) is 4.18. The van der Waals surface area contributed by atoms with Crippen molar-refractivity contribution in [3.63, 3.8) is 0 Å². The van der Waals surface area contributed by atoms with Crippen molar-refractivity contribution in [3.05, 3.63) is 0 Å². The number of halogens is 11. The third kappa shape index (κ3) is 167. The van der Waals surface area contributed by atoms with Gasteiger partial charge in [-0.1, -0.05) is 233 Å². The number of rotatable bonds is 9. The van der Waals surface area contributed by atoms with Crippen molar-refractivity contribution in [2.75, 3.05) is 12.4 Å². The highest BCUT2D eigenvalue weighted by Gasteiger charge is 2.33. The molecule has 0 spiro atoms. The van der Waals surface area contributed by atoms with E-state index in [1.165, 1.54) is 38.5 Å². The molecule has 0 radical (unpaired) electrons. The molecule has 0 aliphatic rings. The van der Waals surface area contributed by atoms with Gasteiger partial charge in [-0.2, -0.15) is 39.0 Å². The Labute approximate surface area is 443 Å². The molecule has 0 saturated carbocycles. The molecule has 444 valence electrons. The summed E-state index contributed by atoms with van der Waals surface area (Å²) in [5.41, 5.74) is 1.33. The van der Waals surface area contributed by atoms with Gasteiger partial charge in [0.05, 0.1) is 6.67 Å². The highest BCUT2D eigenvalue weighted by Crippen LogP contribution is 2.32. The number of hydrogen-bond donors (Lipinski definition) is 1. The highest BCUT2D eigenvalue weighted by molar-refractivity contribution is 7.80. The van der Waals surface area contributed by atoms with Crippen molar-refractivity contribution >= 4 is 12.6 Å². The molecule has 0 bridgehead atoms. The normalized spacial score (nSPS) is 12.7. The van der Waals surface area contributed by atoms with Crippen LogP contribution in [0.3, 0.4) is 0 Å². The summed E-state index contributed by atoms with van der Waals surface area (Å²) in [5, 5.41) is 0. The Hall–Kier alpha value is -0.420. The highest BCUT2D eigenvalue weighted by atomic mass is 32.1. The molecular formula is C59H125F11S. The third-order valence-electron chi connectivity index (χ3n) is 8.64. The molecule has 0 nitrogen and oxygen atoms in total. The minimum absolute atomic E-state index is 0.00694. The maximum absolute atomic E-state index is 11.6. The Kier molecular flexibility index (Phi) is 54.1. The Morgan fingerprint density at radius 1 is 0.338 bits per heavy atom. The standard InChI is InChI=1S/C8H18.C7H13F3.C7H14F2.C7H15F.C7H16.C6H11F3.C6H12F2.C6H14.C5H12S/c1-5-6-7-8(2,3)4;1-6(2,3)4-5-7(8,9)10;1-7(2,3)5-4-6(8)9;1-7(2,3)5-4-6-8;1-5-6-7(2,3)4;1-5(2,3)4-6(7,8)9;1-6(2,3)4-5(7)8;1-5-6(2,3)4;1-5(2,3)4-6/h5-7H2,1-4H3;4-5H2,1-3H3;6H,4-5H2,1-3H3;4-6H2,1-3H3;5-6H2,1-4H3;4H2,1-3H3;5H,4H2,1-3H3;5H2,1-4H3;6H,4H2,1-3H3. The first-order chi connectivity index (χ1) is 30.6. The van der Waals surface area contributed by atoms with E-state index >= 15 is 0 Å². The van der Waals surface area contributed by atoms with E-state index in [0.29, 0.717) is 39.9 Å². The van der Waals surface area contributed by atoms with Gasteiger partial charge in [-0.05, 0) is 93.0 Å². The first-order valence-corrected chi connectivity index (χ1v) is 27.0. The van der Waals surface area contributed by atoms with Gasteiger partial charge in [0, 0.05) is 25.7 Å². The summed E-state index contributed by atoms with van der Waals surface area (Å²) in [4.78, 5) is 0. The predicted octanol–water partition coefficient (Wildman–Crippen LogP) is 25.4. The fourth-order valence-corrected chi connectivity index (χ4v) is 4.18. The maximum Gasteiger partial charge on any atom is 0.389 e. The van der Waals surface area contributed by atoms with Crippen LogP contribution in [0.1, 0.15) is 298 Å². The summed E-state index contributed by atoms with van der Waals surface area (Å²) < 4.78 is 127. The Balaban J connectivity index is -0.0000000874. The van der Waals surface area contributed by atoms with Crippen LogP contribution in [0.4, 0.5) is 48.3 Å². The van der Waals surface area contributed by atoms with Gasteiger partial charge >= 0.3 is 12.4 Å². The monoisotopic (exact) mass is 1070 g/mol. The second-order valence-corrected chi connectivity index (χ2v) is 30.0. The van der Waals surface area contributed by atoms with Crippen molar-refractivity contribution in [1.29, 1.82) is 0 Å². The Bertz CT molecular complexity index is 1020. The average Bonchev–Trinajstić information content (AvgIpc) is 3.05. The lowest BCUT2D eigenvalue weighted by molar-refractivity contribution is -0.152. The summed E-state index contributed by atoms with van der Waals surface area (Å²) in [6, 6.07) is 0. The van der Waals surface area contributed by atoms with E-state index in [1.807, 2.05) is 20.8 Å². The molecule has 0 atom stereocenters. The fraction of sp³-hybridized carbons (Fsp3) is 1.00. The van der Waals surface area contributed by atoms with Crippen LogP contribution < -0.4 is 0 Å². The molecule has 0 N–H and O–H groups in total. The number of unbranched alkanes of at least 4 members (excludes halogenated alkanes) is 1. The molecule has 0 aliphatic carbocycles. The molecule has 0 aromatic rings. The first-order valence-electron chi connectivity index (χ1n) is 26.4. The van der Waals surface area contributed by atoms with Gasteiger partial charge in [0.25, 0.3) is 0 Å². The summed E-state index contributed by atoms with van der Waals surface area (Å²) in [6.45, 7) is 61.3. The zero-order chi connectivity index (χ0) is 60.0. The Morgan fingerprint density at radius 3 is 0.704 bits per heavy atom. The van der Waals surface area contributed by atoms with E-state index in [9.17, 15) is 48.3 Å². The smallest absolute Gasteiger partial charge is 0.251 e. The molecule has 71 heavy (non-hydrogen) atoms. The first kappa shape index (κ1) is 90.1. The van der Waals surface area contributed by atoms with E-state index in [4.69, 9.17) is 0 Å². The number of alkyl halides is 11. The molecule has 0 aromatic heterocycles. The lowest BCUT2D eigenvalue weighted by Crippen LogP contribution is -2.18. The van der Waals surface area contributed by atoms with Gasteiger partial charge in [0.1, 0.15) is 0 Å². The van der Waals surface area contributed by atoms with Crippen LogP contribution in [0.2, 0.25) is 0 Å². The van der Waals surface area contributed by atoms with E-state index in [0.717, 1.165) is 12.2 Å². The minimum atomic E-state index is -4.02. The van der Waals surface area contributed by atoms with Crippen molar-refractivity contribution in [1.82, 2.24) is 0 Å². The zero-order valence-electron chi connectivity index (χ0n) is 52.6. The van der Waals surface area contributed by atoms with Gasteiger partial charge in [0.2, 0.25) is 12.9 Å². The molecule has 12 heteroatoms. The van der Waals surface area contributed by atoms with Gasteiger partial charge in [-0.3, -0.25) is 4.39 Å².